The highest BCUT2D eigenvalue weighted by atomic mass is 16.5. The molecular formula is C18H20O3. The van der Waals surface area contributed by atoms with Gasteiger partial charge in [-0.2, -0.15) is 0 Å². The molecular weight excluding hydrogens is 264 g/mol. The third-order valence-electron chi connectivity index (χ3n) is 3.48. The second-order valence-electron chi connectivity index (χ2n) is 6.01. The van der Waals surface area contributed by atoms with E-state index in [2.05, 4.69) is 20.8 Å². The summed E-state index contributed by atoms with van der Waals surface area (Å²) in [6, 6.07) is 12.9. The fourth-order valence-corrected chi connectivity index (χ4v) is 2.42. The Hall–Kier alpha value is -2.29. The van der Waals surface area contributed by atoms with E-state index in [1.165, 1.54) is 0 Å². The molecule has 0 amide bonds. The number of rotatable bonds is 3. The minimum Gasteiger partial charge on any atom is -0.497 e. The average molecular weight is 284 g/mol. The number of carbonyl (C=O) groups is 1. The zero-order valence-electron chi connectivity index (χ0n) is 12.8. The lowest BCUT2D eigenvalue weighted by Gasteiger charge is -2.24. The number of methoxy groups -OCH3 is 1. The van der Waals surface area contributed by atoms with Gasteiger partial charge in [0.2, 0.25) is 0 Å². The summed E-state index contributed by atoms with van der Waals surface area (Å²) in [6.45, 7) is 6.25. The summed E-state index contributed by atoms with van der Waals surface area (Å²) in [4.78, 5) is 11.6. The lowest BCUT2D eigenvalue weighted by molar-refractivity contribution is 0.0697. The SMILES string of the molecule is COc1ccc(-c2c(C(=O)O)cccc2C(C)(C)C)cc1. The minimum atomic E-state index is -0.910. The molecule has 0 spiro atoms. The van der Waals surface area contributed by atoms with Crippen LogP contribution in [0.1, 0.15) is 36.7 Å². The van der Waals surface area contributed by atoms with Crippen molar-refractivity contribution >= 4 is 5.97 Å². The van der Waals surface area contributed by atoms with E-state index >= 15 is 0 Å². The van der Waals surface area contributed by atoms with Crippen molar-refractivity contribution in [3.8, 4) is 16.9 Å². The molecule has 0 aliphatic heterocycles. The summed E-state index contributed by atoms with van der Waals surface area (Å²) in [5, 5.41) is 9.49. The van der Waals surface area contributed by atoms with Crippen molar-refractivity contribution < 1.29 is 14.6 Å². The maximum absolute atomic E-state index is 11.6. The highest BCUT2D eigenvalue weighted by Gasteiger charge is 2.23. The lowest BCUT2D eigenvalue weighted by Crippen LogP contribution is -2.15. The second-order valence-corrected chi connectivity index (χ2v) is 6.01. The van der Waals surface area contributed by atoms with Crippen molar-refractivity contribution in [2.75, 3.05) is 7.11 Å². The number of ether oxygens (including phenoxy) is 1. The maximum atomic E-state index is 11.6. The topological polar surface area (TPSA) is 46.5 Å². The zero-order valence-corrected chi connectivity index (χ0v) is 12.8. The van der Waals surface area contributed by atoms with Gasteiger partial charge >= 0.3 is 5.97 Å². The Kier molecular flexibility index (Phi) is 4.03. The monoisotopic (exact) mass is 284 g/mol. The first-order valence-electron chi connectivity index (χ1n) is 6.86. The summed E-state index contributed by atoms with van der Waals surface area (Å²) >= 11 is 0. The largest absolute Gasteiger partial charge is 0.497 e. The lowest BCUT2D eigenvalue weighted by atomic mass is 9.80. The molecule has 0 saturated carbocycles. The number of carboxylic acids is 1. The molecule has 2 rings (SSSR count). The van der Waals surface area contributed by atoms with Crippen LogP contribution < -0.4 is 4.74 Å². The third-order valence-corrected chi connectivity index (χ3v) is 3.48. The van der Waals surface area contributed by atoms with Gasteiger partial charge in [-0.05, 0) is 40.3 Å². The molecule has 110 valence electrons. The van der Waals surface area contributed by atoms with Crippen molar-refractivity contribution in [3.63, 3.8) is 0 Å². The molecule has 0 aliphatic rings. The molecule has 0 bridgehead atoms. The Bertz CT molecular complexity index is 649. The first-order valence-corrected chi connectivity index (χ1v) is 6.86. The number of hydrogen-bond donors (Lipinski definition) is 1. The normalized spacial score (nSPS) is 11.2. The summed E-state index contributed by atoms with van der Waals surface area (Å²) in [5.74, 6) is -0.157. The third kappa shape index (κ3) is 3.07. The van der Waals surface area contributed by atoms with Gasteiger partial charge in [0.25, 0.3) is 0 Å². The molecule has 0 atom stereocenters. The van der Waals surface area contributed by atoms with Gasteiger partial charge in [0.1, 0.15) is 5.75 Å². The van der Waals surface area contributed by atoms with E-state index in [-0.39, 0.29) is 5.41 Å². The van der Waals surface area contributed by atoms with Crippen LogP contribution in [0.2, 0.25) is 0 Å². The first kappa shape index (κ1) is 15.1. The van der Waals surface area contributed by atoms with E-state index in [0.29, 0.717) is 5.56 Å². The van der Waals surface area contributed by atoms with Gasteiger partial charge < -0.3 is 9.84 Å². The van der Waals surface area contributed by atoms with E-state index < -0.39 is 5.97 Å². The van der Waals surface area contributed by atoms with Crippen molar-refractivity contribution in [1.29, 1.82) is 0 Å². The Labute approximate surface area is 125 Å². The van der Waals surface area contributed by atoms with Crippen LogP contribution in [0.15, 0.2) is 42.5 Å². The van der Waals surface area contributed by atoms with Gasteiger partial charge in [0.05, 0.1) is 12.7 Å². The molecule has 0 saturated heterocycles. The van der Waals surface area contributed by atoms with Gasteiger partial charge in [-0.3, -0.25) is 0 Å². The van der Waals surface area contributed by atoms with Crippen molar-refractivity contribution in [2.24, 2.45) is 0 Å². The van der Waals surface area contributed by atoms with Crippen LogP contribution in [0, 0.1) is 0 Å². The zero-order chi connectivity index (χ0) is 15.6. The molecule has 3 nitrogen and oxygen atoms in total. The van der Waals surface area contributed by atoms with E-state index in [0.717, 1.165) is 22.4 Å². The molecule has 3 heteroatoms. The first-order chi connectivity index (χ1) is 9.84. The predicted octanol–water partition coefficient (Wildman–Crippen LogP) is 4.36. The fourth-order valence-electron chi connectivity index (χ4n) is 2.42. The Balaban J connectivity index is 2.71. The summed E-state index contributed by atoms with van der Waals surface area (Å²) in [7, 11) is 1.61. The van der Waals surface area contributed by atoms with E-state index in [4.69, 9.17) is 4.74 Å². The summed E-state index contributed by atoms with van der Waals surface area (Å²) in [6.07, 6.45) is 0. The molecule has 0 aliphatic carbocycles. The molecule has 2 aromatic rings. The van der Waals surface area contributed by atoms with E-state index in [9.17, 15) is 9.90 Å². The summed E-state index contributed by atoms with van der Waals surface area (Å²) in [5.41, 5.74) is 2.87. The van der Waals surface area contributed by atoms with E-state index in [1.54, 1.807) is 19.2 Å². The average Bonchev–Trinajstić information content (AvgIpc) is 2.45. The molecule has 0 unspecified atom stereocenters. The van der Waals surface area contributed by atoms with Crippen LogP contribution in [0.25, 0.3) is 11.1 Å². The molecule has 21 heavy (non-hydrogen) atoms. The Morgan fingerprint density at radius 1 is 1.05 bits per heavy atom. The van der Waals surface area contributed by atoms with Crippen molar-refractivity contribution in [3.05, 3.63) is 53.6 Å². The highest BCUT2D eigenvalue weighted by Crippen LogP contribution is 2.36. The fraction of sp³-hybridized carbons (Fsp3) is 0.278. The standard InChI is InChI=1S/C18H20O3/c1-18(2,3)15-7-5-6-14(17(19)20)16(15)12-8-10-13(21-4)11-9-12/h5-11H,1-4H3,(H,19,20). The number of hydrogen-bond acceptors (Lipinski definition) is 2. The van der Waals surface area contributed by atoms with Gasteiger partial charge in [-0.15, -0.1) is 0 Å². The molecule has 0 aromatic heterocycles. The van der Waals surface area contributed by atoms with Gasteiger partial charge in [0, 0.05) is 0 Å². The minimum absolute atomic E-state index is 0.138. The molecule has 0 heterocycles. The van der Waals surface area contributed by atoms with Gasteiger partial charge in [0.15, 0.2) is 0 Å². The van der Waals surface area contributed by atoms with Crippen LogP contribution in [-0.2, 0) is 5.41 Å². The smallest absolute Gasteiger partial charge is 0.336 e. The quantitative estimate of drug-likeness (QED) is 0.911. The molecule has 2 aromatic carbocycles. The van der Waals surface area contributed by atoms with Gasteiger partial charge in [-0.25, -0.2) is 4.79 Å². The van der Waals surface area contributed by atoms with E-state index in [1.807, 2.05) is 30.3 Å². The number of benzene rings is 2. The number of aromatic carboxylic acids is 1. The Morgan fingerprint density at radius 2 is 1.67 bits per heavy atom. The molecule has 1 N–H and O–H groups in total. The summed E-state index contributed by atoms with van der Waals surface area (Å²) < 4.78 is 5.16. The highest BCUT2D eigenvalue weighted by molar-refractivity contribution is 5.97. The van der Waals surface area contributed by atoms with Crippen LogP contribution in [0.4, 0.5) is 0 Å². The second kappa shape index (κ2) is 5.60. The maximum Gasteiger partial charge on any atom is 0.336 e. The molecule has 0 fully saturated rings. The van der Waals surface area contributed by atoms with Crippen LogP contribution in [-0.4, -0.2) is 18.2 Å². The van der Waals surface area contributed by atoms with Crippen LogP contribution in [0.3, 0.4) is 0 Å². The van der Waals surface area contributed by atoms with Crippen molar-refractivity contribution in [2.45, 2.75) is 26.2 Å². The molecule has 0 radical (unpaired) electrons. The predicted molar refractivity (Wildman–Crippen MR) is 84.1 cm³/mol. The van der Waals surface area contributed by atoms with Gasteiger partial charge in [-0.1, -0.05) is 45.0 Å². The number of carboxylic acid groups (broad SMARTS) is 1. The Morgan fingerprint density at radius 3 is 2.14 bits per heavy atom. The van der Waals surface area contributed by atoms with Crippen LogP contribution in [0.5, 0.6) is 5.75 Å². The van der Waals surface area contributed by atoms with Crippen LogP contribution >= 0.6 is 0 Å². The van der Waals surface area contributed by atoms with Crippen molar-refractivity contribution in [1.82, 2.24) is 0 Å².